The van der Waals surface area contributed by atoms with Crippen LogP contribution in [0.1, 0.15) is 48.0 Å². The Bertz CT molecular complexity index is 506. The van der Waals surface area contributed by atoms with Crippen molar-refractivity contribution in [1.82, 2.24) is 0 Å². The molecule has 0 amide bonds. The molecule has 116 valence electrons. The van der Waals surface area contributed by atoms with Crippen LogP contribution < -0.4 is 4.90 Å². The molecule has 3 nitrogen and oxygen atoms in total. The molecule has 1 heterocycles. The maximum absolute atomic E-state index is 13.0. The summed E-state index contributed by atoms with van der Waals surface area (Å²) in [5.74, 6) is -1.55. The molecule has 6 heteroatoms. The maximum Gasteiger partial charge on any atom is 0.417 e. The van der Waals surface area contributed by atoms with E-state index in [1.165, 1.54) is 12.5 Å². The largest absolute Gasteiger partial charge is 0.478 e. The van der Waals surface area contributed by atoms with E-state index < -0.39 is 23.3 Å². The van der Waals surface area contributed by atoms with Crippen molar-refractivity contribution in [2.75, 3.05) is 18.0 Å². The molecular weight excluding hydrogens is 283 g/mol. The fourth-order valence-electron chi connectivity index (χ4n) is 2.66. The first-order chi connectivity index (χ1) is 9.89. The van der Waals surface area contributed by atoms with Crippen LogP contribution in [0, 0.1) is 0 Å². The standard InChI is InChI=1S/C15H18F3NO2/c16-15(17,18)13-10-11(6-7-12(13)14(20)21)19-8-4-2-1-3-5-9-19/h6-7,10H,1-5,8-9H2,(H,20,21). The smallest absolute Gasteiger partial charge is 0.417 e. The molecule has 1 saturated heterocycles. The van der Waals surface area contributed by atoms with E-state index >= 15 is 0 Å². The molecule has 0 aromatic heterocycles. The van der Waals surface area contributed by atoms with E-state index in [-0.39, 0.29) is 0 Å². The van der Waals surface area contributed by atoms with Crippen molar-refractivity contribution < 1.29 is 23.1 Å². The van der Waals surface area contributed by atoms with Crippen molar-refractivity contribution in [2.24, 2.45) is 0 Å². The van der Waals surface area contributed by atoms with Crippen molar-refractivity contribution in [2.45, 2.75) is 38.3 Å². The lowest BCUT2D eigenvalue weighted by molar-refractivity contribution is -0.138. The average Bonchev–Trinajstić information content (AvgIpc) is 2.36. The summed E-state index contributed by atoms with van der Waals surface area (Å²) in [5.41, 5.74) is -1.32. The molecule has 0 atom stereocenters. The van der Waals surface area contributed by atoms with Gasteiger partial charge in [-0.05, 0) is 31.0 Å². The fourth-order valence-corrected chi connectivity index (χ4v) is 2.66. The summed E-state index contributed by atoms with van der Waals surface area (Å²) in [5, 5.41) is 8.90. The highest BCUT2D eigenvalue weighted by Crippen LogP contribution is 2.35. The van der Waals surface area contributed by atoms with E-state index in [4.69, 9.17) is 5.11 Å². The van der Waals surface area contributed by atoms with Gasteiger partial charge in [-0.3, -0.25) is 0 Å². The molecule has 1 N–H and O–H groups in total. The molecule has 2 rings (SSSR count). The SMILES string of the molecule is O=C(O)c1ccc(N2CCCCCCC2)cc1C(F)(F)F. The van der Waals surface area contributed by atoms with Crippen molar-refractivity contribution >= 4 is 11.7 Å². The number of alkyl halides is 3. The van der Waals surface area contributed by atoms with Crippen LogP contribution in [0.25, 0.3) is 0 Å². The van der Waals surface area contributed by atoms with Crippen LogP contribution in [0.3, 0.4) is 0 Å². The van der Waals surface area contributed by atoms with Gasteiger partial charge in [-0.1, -0.05) is 19.3 Å². The molecule has 21 heavy (non-hydrogen) atoms. The Hall–Kier alpha value is -1.72. The number of nitrogens with zero attached hydrogens (tertiary/aromatic N) is 1. The first-order valence-corrected chi connectivity index (χ1v) is 7.09. The normalized spacial score (nSPS) is 17.2. The summed E-state index contributed by atoms with van der Waals surface area (Å²) in [6.45, 7) is 1.42. The highest BCUT2D eigenvalue weighted by Gasteiger charge is 2.36. The number of benzene rings is 1. The molecule has 0 unspecified atom stereocenters. The van der Waals surface area contributed by atoms with Crippen molar-refractivity contribution in [1.29, 1.82) is 0 Å². The monoisotopic (exact) mass is 301 g/mol. The van der Waals surface area contributed by atoms with Gasteiger partial charge in [0.25, 0.3) is 0 Å². The number of hydrogen-bond acceptors (Lipinski definition) is 2. The minimum Gasteiger partial charge on any atom is -0.478 e. The second-order valence-electron chi connectivity index (χ2n) is 5.29. The zero-order chi connectivity index (χ0) is 15.5. The summed E-state index contributed by atoms with van der Waals surface area (Å²) >= 11 is 0. The van der Waals surface area contributed by atoms with E-state index in [2.05, 4.69) is 0 Å². The van der Waals surface area contributed by atoms with E-state index in [0.29, 0.717) is 18.8 Å². The Morgan fingerprint density at radius 3 is 2.14 bits per heavy atom. The minimum absolute atomic E-state index is 0.453. The Balaban J connectivity index is 2.34. The number of halogens is 3. The zero-order valence-corrected chi connectivity index (χ0v) is 11.6. The number of hydrogen-bond donors (Lipinski definition) is 1. The first-order valence-electron chi connectivity index (χ1n) is 7.09. The predicted octanol–water partition coefficient (Wildman–Crippen LogP) is 4.17. The topological polar surface area (TPSA) is 40.5 Å². The van der Waals surface area contributed by atoms with Gasteiger partial charge in [0.1, 0.15) is 0 Å². The van der Waals surface area contributed by atoms with Crippen LogP contribution in [0.5, 0.6) is 0 Å². The Labute approximate surface area is 121 Å². The Morgan fingerprint density at radius 1 is 1.05 bits per heavy atom. The van der Waals surface area contributed by atoms with Gasteiger partial charge in [0, 0.05) is 18.8 Å². The van der Waals surface area contributed by atoms with E-state index in [0.717, 1.165) is 37.8 Å². The van der Waals surface area contributed by atoms with Crippen molar-refractivity contribution in [3.05, 3.63) is 29.3 Å². The van der Waals surface area contributed by atoms with Gasteiger partial charge in [-0.15, -0.1) is 0 Å². The average molecular weight is 301 g/mol. The summed E-state index contributed by atoms with van der Waals surface area (Å²) in [4.78, 5) is 12.9. The molecule has 0 aliphatic carbocycles. The van der Waals surface area contributed by atoms with Gasteiger partial charge in [0.2, 0.25) is 0 Å². The number of aromatic carboxylic acids is 1. The van der Waals surface area contributed by atoms with Gasteiger partial charge in [0.15, 0.2) is 0 Å². The van der Waals surface area contributed by atoms with Gasteiger partial charge in [0.05, 0.1) is 11.1 Å². The maximum atomic E-state index is 13.0. The number of carboxylic acids is 1. The lowest BCUT2D eigenvalue weighted by Gasteiger charge is -2.27. The molecule has 0 bridgehead atoms. The molecule has 1 aromatic carbocycles. The highest BCUT2D eigenvalue weighted by molar-refractivity contribution is 5.90. The van der Waals surface area contributed by atoms with Gasteiger partial charge in [-0.2, -0.15) is 13.2 Å². The Kier molecular flexibility index (Phi) is 4.75. The van der Waals surface area contributed by atoms with Crippen LogP contribution in [0.4, 0.5) is 18.9 Å². The van der Waals surface area contributed by atoms with Crippen molar-refractivity contribution in [3.63, 3.8) is 0 Å². The number of carboxylic acid groups (broad SMARTS) is 1. The molecule has 0 spiro atoms. The minimum atomic E-state index is -4.66. The first kappa shape index (κ1) is 15.7. The second kappa shape index (κ2) is 6.37. The van der Waals surface area contributed by atoms with Crippen LogP contribution in [-0.4, -0.2) is 24.2 Å². The third-order valence-corrected chi connectivity index (χ3v) is 3.76. The quantitative estimate of drug-likeness (QED) is 0.891. The van der Waals surface area contributed by atoms with Gasteiger partial charge in [-0.25, -0.2) is 4.79 Å². The predicted molar refractivity (Wildman–Crippen MR) is 73.7 cm³/mol. The molecule has 1 aliphatic rings. The van der Waals surface area contributed by atoms with E-state index in [1.54, 1.807) is 0 Å². The zero-order valence-electron chi connectivity index (χ0n) is 11.6. The summed E-state index contributed by atoms with van der Waals surface area (Å²) in [6, 6.07) is 3.49. The van der Waals surface area contributed by atoms with Gasteiger partial charge < -0.3 is 10.0 Å². The Morgan fingerprint density at radius 2 is 1.62 bits per heavy atom. The second-order valence-corrected chi connectivity index (χ2v) is 5.29. The van der Waals surface area contributed by atoms with Crippen LogP contribution >= 0.6 is 0 Å². The van der Waals surface area contributed by atoms with E-state index in [1.807, 2.05) is 4.90 Å². The lowest BCUT2D eigenvalue weighted by Crippen LogP contribution is -2.27. The van der Waals surface area contributed by atoms with Crippen molar-refractivity contribution in [3.8, 4) is 0 Å². The molecule has 0 radical (unpaired) electrons. The molecule has 1 fully saturated rings. The van der Waals surface area contributed by atoms with Crippen LogP contribution in [0.15, 0.2) is 18.2 Å². The molecule has 1 aromatic rings. The van der Waals surface area contributed by atoms with Gasteiger partial charge >= 0.3 is 12.1 Å². The third-order valence-electron chi connectivity index (χ3n) is 3.76. The summed E-state index contributed by atoms with van der Waals surface area (Å²) in [7, 11) is 0. The molecule has 0 saturated carbocycles. The number of anilines is 1. The number of rotatable bonds is 2. The summed E-state index contributed by atoms with van der Waals surface area (Å²) in [6.07, 6.45) is 0.557. The van der Waals surface area contributed by atoms with Crippen LogP contribution in [0.2, 0.25) is 0 Å². The lowest BCUT2D eigenvalue weighted by atomic mass is 10.0. The number of carbonyl (C=O) groups is 1. The third kappa shape index (κ3) is 3.89. The van der Waals surface area contributed by atoms with Crippen LogP contribution in [-0.2, 0) is 6.18 Å². The highest BCUT2D eigenvalue weighted by atomic mass is 19.4. The summed E-state index contributed by atoms with van der Waals surface area (Å²) < 4.78 is 39.1. The molecular formula is C15H18F3NO2. The fraction of sp³-hybridized carbons (Fsp3) is 0.533. The molecule has 1 aliphatic heterocycles. The van der Waals surface area contributed by atoms with E-state index in [9.17, 15) is 18.0 Å².